The molecule has 5 nitrogen and oxygen atoms in total. The Hall–Kier alpha value is 0.366. The van der Waals surface area contributed by atoms with Gasteiger partial charge >= 0.3 is 51.4 Å². The number of nitrogens with one attached hydrogen (secondary N) is 2. The molecule has 1 aromatic carbocycles. The molecule has 0 bridgehead atoms. The molecule has 0 aliphatic carbocycles. The molecule has 1 aliphatic rings. The third-order valence-electron chi connectivity index (χ3n) is 6.16. The van der Waals surface area contributed by atoms with Gasteiger partial charge in [-0.1, -0.05) is 109 Å². The minimum Gasteiger partial charge on any atom is -0.745 e. The number of fused-ring (bicyclic) bond motifs is 1. The van der Waals surface area contributed by atoms with Gasteiger partial charge in [0.15, 0.2) is 0 Å². The van der Waals surface area contributed by atoms with Crippen LogP contribution in [0.15, 0.2) is 24.3 Å². The Balaban J connectivity index is 0.00000480. The van der Waals surface area contributed by atoms with Gasteiger partial charge in [0.1, 0.15) is 10.1 Å². The Morgan fingerprint density at radius 1 is 0.710 bits per heavy atom. The van der Waals surface area contributed by atoms with E-state index in [1.807, 2.05) is 12.1 Å². The molecule has 0 atom stereocenters. The molecule has 2 rings (SSSR count). The van der Waals surface area contributed by atoms with Gasteiger partial charge in [-0.3, -0.25) is 0 Å². The van der Waals surface area contributed by atoms with Crippen molar-refractivity contribution in [1.29, 1.82) is 0 Å². The first-order valence-corrected chi connectivity index (χ1v) is 13.5. The van der Waals surface area contributed by atoms with Crippen LogP contribution < -0.4 is 62.0 Å². The number of anilines is 2. The third kappa shape index (κ3) is 10.4. The summed E-state index contributed by atoms with van der Waals surface area (Å²) >= 11 is 0. The van der Waals surface area contributed by atoms with Crippen molar-refractivity contribution in [2.24, 2.45) is 0 Å². The van der Waals surface area contributed by atoms with Gasteiger partial charge in [-0.15, -0.1) is 0 Å². The minimum atomic E-state index is -4.52. The summed E-state index contributed by atoms with van der Waals surface area (Å²) in [4.78, 5) is -1.60. The predicted molar refractivity (Wildman–Crippen MR) is 126 cm³/mol. The number of benzene rings is 1. The first-order chi connectivity index (χ1) is 14.5. The van der Waals surface area contributed by atoms with E-state index < -0.39 is 15.1 Å². The van der Waals surface area contributed by atoms with Crippen molar-refractivity contribution >= 4 is 21.5 Å². The quantitative estimate of drug-likeness (QED) is 0.202. The normalized spacial score (nSPS) is 14.4. The molecular weight excluding hydrogens is 435 g/mol. The Morgan fingerprint density at radius 3 is 1.42 bits per heavy atom. The van der Waals surface area contributed by atoms with Crippen molar-refractivity contribution in [3.63, 3.8) is 0 Å². The monoisotopic (exact) mass is 476 g/mol. The Morgan fingerprint density at radius 2 is 1.06 bits per heavy atom. The second-order valence-electron chi connectivity index (χ2n) is 8.78. The summed E-state index contributed by atoms with van der Waals surface area (Å²) in [5, 5.41) is 5.85. The van der Waals surface area contributed by atoms with E-state index >= 15 is 0 Å². The molecule has 0 radical (unpaired) electrons. The van der Waals surface area contributed by atoms with Gasteiger partial charge in [-0.25, -0.2) is 8.42 Å². The van der Waals surface area contributed by atoms with Crippen LogP contribution in [-0.2, 0) is 10.1 Å². The molecule has 172 valence electrons. The van der Waals surface area contributed by atoms with Crippen molar-refractivity contribution in [2.75, 3.05) is 10.6 Å². The van der Waals surface area contributed by atoms with E-state index in [0.717, 1.165) is 12.8 Å². The number of para-hydroxylation sites is 2. The predicted octanol–water partition coefficient (Wildman–Crippen LogP) is 3.99. The van der Waals surface area contributed by atoms with Crippen molar-refractivity contribution in [3.8, 4) is 0 Å². The summed E-state index contributed by atoms with van der Waals surface area (Å²) in [6.07, 6.45) is 19.1. The van der Waals surface area contributed by atoms with E-state index in [4.69, 9.17) is 0 Å². The van der Waals surface area contributed by atoms with Crippen LogP contribution in [0.25, 0.3) is 0 Å². The second-order valence-corrected chi connectivity index (χ2v) is 10.4. The van der Waals surface area contributed by atoms with Crippen LogP contribution in [0.5, 0.6) is 0 Å². The average molecular weight is 477 g/mol. The van der Waals surface area contributed by atoms with E-state index in [9.17, 15) is 13.0 Å². The van der Waals surface area contributed by atoms with Crippen LogP contribution in [0.1, 0.15) is 110 Å². The maximum absolute atomic E-state index is 11.9. The van der Waals surface area contributed by atoms with Crippen LogP contribution in [0.2, 0.25) is 0 Å². The Bertz CT molecular complexity index is 688. The van der Waals surface area contributed by atoms with Gasteiger partial charge in [0, 0.05) is 6.42 Å². The third-order valence-corrected chi connectivity index (χ3v) is 7.42. The van der Waals surface area contributed by atoms with E-state index in [0.29, 0.717) is 17.8 Å². The summed E-state index contributed by atoms with van der Waals surface area (Å²) in [6.45, 7) is 2.26. The fraction of sp³-hybridized carbons (Fsp3) is 0.750. The topological polar surface area (TPSA) is 81.3 Å². The van der Waals surface area contributed by atoms with Crippen molar-refractivity contribution in [3.05, 3.63) is 24.3 Å². The molecule has 0 amide bonds. The van der Waals surface area contributed by atoms with E-state index in [2.05, 4.69) is 17.6 Å². The molecule has 0 unspecified atom stereocenters. The maximum Gasteiger partial charge on any atom is 1.00 e. The summed E-state index contributed by atoms with van der Waals surface area (Å²) < 4.78 is 35.8. The smallest absolute Gasteiger partial charge is 0.745 e. The summed E-state index contributed by atoms with van der Waals surface area (Å²) in [5.41, 5.74) is 1.36. The van der Waals surface area contributed by atoms with Gasteiger partial charge in [0.05, 0.1) is 11.4 Å². The molecule has 0 aromatic heterocycles. The zero-order valence-corrected chi connectivity index (χ0v) is 23.7. The van der Waals surface area contributed by atoms with Gasteiger partial charge < -0.3 is 15.2 Å². The van der Waals surface area contributed by atoms with Gasteiger partial charge in [-0.05, 0) is 18.6 Å². The summed E-state index contributed by atoms with van der Waals surface area (Å²) in [5.74, 6) is 0. The van der Waals surface area contributed by atoms with Crippen LogP contribution >= 0.6 is 0 Å². The summed E-state index contributed by atoms with van der Waals surface area (Å²) in [7, 11) is -4.52. The van der Waals surface area contributed by atoms with Gasteiger partial charge in [0.25, 0.3) is 0 Å². The molecule has 0 saturated heterocycles. The van der Waals surface area contributed by atoms with Crippen LogP contribution in [0.3, 0.4) is 0 Å². The fourth-order valence-corrected chi connectivity index (χ4v) is 5.15. The van der Waals surface area contributed by atoms with E-state index in [-0.39, 0.29) is 57.8 Å². The first kappa shape index (κ1) is 29.4. The minimum absolute atomic E-state index is 0. The molecule has 1 aliphatic heterocycles. The summed E-state index contributed by atoms with van der Waals surface area (Å²) in [6, 6.07) is 7.24. The van der Waals surface area contributed by atoms with Crippen molar-refractivity contribution in [1.82, 2.24) is 0 Å². The Kier molecular flexibility index (Phi) is 15.2. The van der Waals surface area contributed by atoms with Crippen molar-refractivity contribution in [2.45, 2.75) is 115 Å². The van der Waals surface area contributed by atoms with Crippen molar-refractivity contribution < 1.29 is 64.4 Å². The zero-order valence-electron chi connectivity index (χ0n) is 19.8. The average Bonchev–Trinajstić information content (AvgIpc) is 3.11. The van der Waals surface area contributed by atoms with Gasteiger partial charge in [-0.2, -0.15) is 0 Å². The first-order valence-electron chi connectivity index (χ1n) is 12.1. The molecule has 0 saturated carbocycles. The maximum atomic E-state index is 11.9. The number of rotatable bonds is 17. The van der Waals surface area contributed by atoms with Gasteiger partial charge in [0.2, 0.25) is 4.99 Å². The van der Waals surface area contributed by atoms with E-state index in [1.54, 1.807) is 12.1 Å². The Labute approximate surface area is 233 Å². The zero-order chi connectivity index (χ0) is 21.7. The largest absolute Gasteiger partial charge is 1.00 e. The number of hydrogen-bond donors (Lipinski definition) is 2. The molecule has 2 N–H and O–H groups in total. The van der Waals surface area contributed by atoms with Crippen LogP contribution in [-0.4, -0.2) is 18.0 Å². The fourth-order valence-electron chi connectivity index (χ4n) is 4.29. The molecular formula is C24H41KN2O3S. The second kappa shape index (κ2) is 16.1. The molecule has 31 heavy (non-hydrogen) atoms. The number of hydrogen-bond acceptors (Lipinski definition) is 5. The standard InChI is InChI=1S/C24H42N2O3S.K/c1-2-3-4-5-6-7-8-9-10-11-12-13-14-15-18-21-24(30(27,28)29)25-22-19-16-17-20-23(22)26-24;/h16-17,19-20,25-26H,2-15,18,21H2,1H3,(H,27,28,29);/q;+1/p-1. The molecule has 0 spiro atoms. The molecule has 0 fully saturated rings. The number of unbranched alkanes of at least 4 members (excludes halogenated alkanes) is 14. The van der Waals surface area contributed by atoms with Crippen LogP contribution in [0, 0.1) is 0 Å². The SMILES string of the molecule is CCCCCCCCCCCCCCCCCC1(S(=O)(=O)[O-])Nc2ccccc2N1.[K+]. The molecule has 1 aromatic rings. The molecule has 7 heteroatoms. The van der Waals surface area contributed by atoms with Crippen LogP contribution in [0.4, 0.5) is 11.4 Å². The van der Waals surface area contributed by atoms with E-state index in [1.165, 1.54) is 77.0 Å². The molecule has 1 heterocycles.